The monoisotopic (exact) mass is 424 g/mol. The van der Waals surface area contributed by atoms with E-state index in [1.807, 2.05) is 36.0 Å². The average Bonchev–Trinajstić information content (AvgIpc) is 3.35. The normalized spacial score (nSPS) is 19.2. The minimum atomic E-state index is -0.140. The fourth-order valence-electron chi connectivity index (χ4n) is 4.75. The number of ether oxygens (including phenoxy) is 1. The third kappa shape index (κ3) is 3.49. The van der Waals surface area contributed by atoms with E-state index in [0.717, 1.165) is 55.6 Å². The molecule has 2 heterocycles. The van der Waals surface area contributed by atoms with Crippen LogP contribution in [0.15, 0.2) is 36.4 Å². The minimum Gasteiger partial charge on any atom is -0.379 e. The molecule has 1 N–H and O–H groups in total. The van der Waals surface area contributed by atoms with Crippen molar-refractivity contribution in [1.29, 1.82) is 0 Å². The summed E-state index contributed by atoms with van der Waals surface area (Å²) >= 11 is 5.95. The zero-order valence-electron chi connectivity index (χ0n) is 17.0. The summed E-state index contributed by atoms with van der Waals surface area (Å²) in [5, 5.41) is 9.29. The molecule has 6 nitrogen and oxygen atoms in total. The molecule has 1 aromatic heterocycles. The first-order valence-corrected chi connectivity index (χ1v) is 10.8. The standard InChI is InChI=1S/C23H25ClN4O2/c1-27-20-9-6-17-18(7-8-19(17)28-10-12-30-13-11-28)21(20)22(26-27)23(29)25-14-15-2-4-16(24)5-3-15/h2-6,9,19H,7-8,10-14H2,1H3,(H,25,29). The van der Waals surface area contributed by atoms with Gasteiger partial charge in [0.15, 0.2) is 5.69 Å². The first-order valence-electron chi connectivity index (χ1n) is 10.4. The molecule has 7 heteroatoms. The number of carbonyl (C=O) groups excluding carboxylic acids is 1. The molecule has 1 saturated heterocycles. The molecule has 0 radical (unpaired) electrons. The summed E-state index contributed by atoms with van der Waals surface area (Å²) in [4.78, 5) is 15.6. The van der Waals surface area contributed by atoms with Gasteiger partial charge in [-0.3, -0.25) is 14.4 Å². The van der Waals surface area contributed by atoms with Gasteiger partial charge >= 0.3 is 0 Å². The van der Waals surface area contributed by atoms with E-state index < -0.39 is 0 Å². The number of hydrogen-bond acceptors (Lipinski definition) is 4. The molecule has 2 aromatic carbocycles. The highest BCUT2D eigenvalue weighted by Crippen LogP contribution is 2.40. The Hall–Kier alpha value is -2.41. The Morgan fingerprint density at radius 1 is 1.20 bits per heavy atom. The van der Waals surface area contributed by atoms with E-state index in [2.05, 4.69) is 27.4 Å². The van der Waals surface area contributed by atoms with Gasteiger partial charge in [-0.1, -0.05) is 29.8 Å². The fourth-order valence-corrected chi connectivity index (χ4v) is 4.88. The van der Waals surface area contributed by atoms with E-state index >= 15 is 0 Å². The van der Waals surface area contributed by atoms with Crippen molar-refractivity contribution in [2.75, 3.05) is 26.3 Å². The van der Waals surface area contributed by atoms with E-state index in [4.69, 9.17) is 16.3 Å². The molecule has 0 spiro atoms. The quantitative estimate of drug-likeness (QED) is 0.696. The van der Waals surface area contributed by atoms with Gasteiger partial charge in [0.2, 0.25) is 0 Å². The van der Waals surface area contributed by atoms with Crippen molar-refractivity contribution >= 4 is 28.4 Å². The number of nitrogens with one attached hydrogen (secondary N) is 1. The van der Waals surface area contributed by atoms with Crippen molar-refractivity contribution < 1.29 is 9.53 Å². The fraction of sp³-hybridized carbons (Fsp3) is 0.391. The smallest absolute Gasteiger partial charge is 0.272 e. The van der Waals surface area contributed by atoms with Crippen LogP contribution in [0.2, 0.25) is 5.02 Å². The number of aromatic nitrogens is 2. The van der Waals surface area contributed by atoms with E-state index in [1.165, 1.54) is 11.1 Å². The van der Waals surface area contributed by atoms with Crippen LogP contribution in [0.5, 0.6) is 0 Å². The first-order chi connectivity index (χ1) is 14.6. The number of halogens is 1. The van der Waals surface area contributed by atoms with Crippen molar-refractivity contribution in [2.45, 2.75) is 25.4 Å². The SMILES string of the molecule is Cn1nc(C(=O)NCc2ccc(Cl)cc2)c2c3c(ccc21)C(N1CCOCC1)CC3. The lowest BCUT2D eigenvalue weighted by molar-refractivity contribution is 0.0164. The van der Waals surface area contributed by atoms with E-state index in [0.29, 0.717) is 23.3 Å². The number of amides is 1. The van der Waals surface area contributed by atoms with Crippen LogP contribution in [0.4, 0.5) is 0 Å². The molecule has 3 aromatic rings. The maximum Gasteiger partial charge on any atom is 0.272 e. The summed E-state index contributed by atoms with van der Waals surface area (Å²) in [5.41, 5.74) is 5.14. The Morgan fingerprint density at radius 3 is 2.73 bits per heavy atom. The second kappa shape index (κ2) is 8.02. The number of fused-ring (bicyclic) bond motifs is 3. The minimum absolute atomic E-state index is 0.140. The summed E-state index contributed by atoms with van der Waals surface area (Å²) in [6, 6.07) is 12.2. The summed E-state index contributed by atoms with van der Waals surface area (Å²) in [7, 11) is 1.90. The molecule has 1 atom stereocenters. The zero-order valence-corrected chi connectivity index (χ0v) is 17.8. The Kier molecular flexibility index (Phi) is 5.23. The van der Waals surface area contributed by atoms with Gasteiger partial charge in [-0.05, 0) is 47.7 Å². The van der Waals surface area contributed by atoms with Gasteiger partial charge in [0.1, 0.15) is 0 Å². The molecule has 1 amide bonds. The number of morpholine rings is 1. The van der Waals surface area contributed by atoms with Crippen LogP contribution < -0.4 is 5.32 Å². The van der Waals surface area contributed by atoms with E-state index in [9.17, 15) is 4.79 Å². The molecule has 30 heavy (non-hydrogen) atoms. The lowest BCUT2D eigenvalue weighted by Crippen LogP contribution is -2.38. The Balaban J connectivity index is 1.45. The predicted molar refractivity (Wildman–Crippen MR) is 117 cm³/mol. The number of nitrogens with zero attached hydrogens (tertiary/aromatic N) is 3. The second-order valence-electron chi connectivity index (χ2n) is 8.01. The van der Waals surface area contributed by atoms with Gasteiger partial charge in [-0.25, -0.2) is 0 Å². The number of carbonyl (C=O) groups is 1. The van der Waals surface area contributed by atoms with Crippen LogP contribution in [-0.2, 0) is 24.8 Å². The highest BCUT2D eigenvalue weighted by atomic mass is 35.5. The van der Waals surface area contributed by atoms with Crippen LogP contribution in [0.3, 0.4) is 0 Å². The molecular weight excluding hydrogens is 400 g/mol. The molecular formula is C23H25ClN4O2. The van der Waals surface area contributed by atoms with Gasteiger partial charge in [-0.2, -0.15) is 5.10 Å². The van der Waals surface area contributed by atoms with Crippen LogP contribution in [-0.4, -0.2) is 46.9 Å². The van der Waals surface area contributed by atoms with E-state index in [-0.39, 0.29) is 5.91 Å². The Bertz CT molecular complexity index is 1090. The molecule has 0 bridgehead atoms. The number of aryl methyl sites for hydroxylation is 2. The molecule has 5 rings (SSSR count). The van der Waals surface area contributed by atoms with Crippen molar-refractivity contribution in [3.8, 4) is 0 Å². The molecule has 1 fully saturated rings. The van der Waals surface area contributed by atoms with Gasteiger partial charge in [-0.15, -0.1) is 0 Å². The topological polar surface area (TPSA) is 59.4 Å². The van der Waals surface area contributed by atoms with Gasteiger partial charge in [0.25, 0.3) is 5.91 Å². The lowest BCUT2D eigenvalue weighted by Gasteiger charge is -2.32. The van der Waals surface area contributed by atoms with Gasteiger partial charge < -0.3 is 10.1 Å². The van der Waals surface area contributed by atoms with Crippen molar-refractivity contribution in [3.05, 3.63) is 63.8 Å². The molecule has 156 valence electrons. The highest BCUT2D eigenvalue weighted by Gasteiger charge is 2.32. The number of hydrogen-bond donors (Lipinski definition) is 1. The average molecular weight is 425 g/mol. The highest BCUT2D eigenvalue weighted by molar-refractivity contribution is 6.30. The van der Waals surface area contributed by atoms with Crippen molar-refractivity contribution in [1.82, 2.24) is 20.0 Å². The molecule has 0 saturated carbocycles. The Morgan fingerprint density at radius 2 is 1.97 bits per heavy atom. The van der Waals surface area contributed by atoms with Crippen LogP contribution in [0.1, 0.15) is 39.6 Å². The number of rotatable bonds is 4. The van der Waals surface area contributed by atoms with Gasteiger partial charge in [0, 0.05) is 43.1 Å². The second-order valence-corrected chi connectivity index (χ2v) is 8.45. The zero-order chi connectivity index (χ0) is 20.7. The maximum atomic E-state index is 13.1. The maximum absolute atomic E-state index is 13.1. The number of benzene rings is 2. The van der Waals surface area contributed by atoms with Crippen LogP contribution >= 0.6 is 11.6 Å². The van der Waals surface area contributed by atoms with Gasteiger partial charge in [0.05, 0.1) is 18.7 Å². The third-order valence-electron chi connectivity index (χ3n) is 6.26. The van der Waals surface area contributed by atoms with Crippen LogP contribution in [0, 0.1) is 0 Å². The van der Waals surface area contributed by atoms with Crippen molar-refractivity contribution in [3.63, 3.8) is 0 Å². The predicted octanol–water partition coefficient (Wildman–Crippen LogP) is 3.48. The molecule has 2 aliphatic rings. The van der Waals surface area contributed by atoms with Crippen LogP contribution in [0.25, 0.3) is 10.9 Å². The lowest BCUT2D eigenvalue weighted by atomic mass is 10.0. The first kappa shape index (κ1) is 19.5. The molecule has 1 unspecified atom stereocenters. The molecule has 1 aliphatic carbocycles. The van der Waals surface area contributed by atoms with Crippen molar-refractivity contribution in [2.24, 2.45) is 7.05 Å². The Labute approximate surface area is 180 Å². The third-order valence-corrected chi connectivity index (χ3v) is 6.51. The summed E-state index contributed by atoms with van der Waals surface area (Å²) in [6.07, 6.45) is 2.05. The summed E-state index contributed by atoms with van der Waals surface area (Å²) in [5.74, 6) is -0.140. The summed E-state index contributed by atoms with van der Waals surface area (Å²) < 4.78 is 7.34. The summed E-state index contributed by atoms with van der Waals surface area (Å²) in [6.45, 7) is 3.95. The molecule has 1 aliphatic heterocycles. The van der Waals surface area contributed by atoms with E-state index in [1.54, 1.807) is 0 Å². The largest absolute Gasteiger partial charge is 0.379 e.